The number of rotatable bonds is 7. The van der Waals surface area contributed by atoms with Gasteiger partial charge in [-0.3, -0.25) is 0 Å². The van der Waals surface area contributed by atoms with Crippen molar-refractivity contribution in [2.24, 2.45) is 27.6 Å². The van der Waals surface area contributed by atoms with Crippen LogP contribution < -0.4 is 11.1 Å². The molecule has 0 saturated heterocycles. The van der Waals surface area contributed by atoms with Gasteiger partial charge in [0, 0.05) is 12.0 Å². The van der Waals surface area contributed by atoms with Crippen LogP contribution >= 0.6 is 0 Å². The zero-order chi connectivity index (χ0) is 12.5. The highest BCUT2D eigenvalue weighted by atomic mass is 16.4. The van der Waals surface area contributed by atoms with Gasteiger partial charge < -0.3 is 16.3 Å². The summed E-state index contributed by atoms with van der Waals surface area (Å²) in [5.41, 5.74) is 6.09. The van der Waals surface area contributed by atoms with Gasteiger partial charge in [-0.15, -0.1) is 0 Å². The van der Waals surface area contributed by atoms with Gasteiger partial charge in [-0.25, -0.2) is 0 Å². The normalized spacial score (nSPS) is 23.8. The predicted octanol–water partition coefficient (Wildman–Crippen LogP) is 1.93. The molecule has 0 heterocycles. The molecule has 0 radical (unpaired) electrons. The molecule has 4 nitrogen and oxygen atoms in total. The molecular formula is C13H25N3O. The van der Waals surface area contributed by atoms with Crippen LogP contribution in [0.1, 0.15) is 46.0 Å². The minimum Gasteiger partial charge on any atom is -0.409 e. The fraction of sp³-hybridized carbons (Fsp3) is 0.923. The van der Waals surface area contributed by atoms with E-state index in [4.69, 9.17) is 10.9 Å². The Hall–Kier alpha value is -0.770. The van der Waals surface area contributed by atoms with Crippen LogP contribution in [-0.2, 0) is 0 Å². The molecule has 17 heavy (non-hydrogen) atoms. The zero-order valence-corrected chi connectivity index (χ0v) is 11.0. The van der Waals surface area contributed by atoms with E-state index >= 15 is 0 Å². The molecule has 2 rings (SSSR count). The van der Waals surface area contributed by atoms with Gasteiger partial charge in [0.2, 0.25) is 0 Å². The van der Waals surface area contributed by atoms with Crippen molar-refractivity contribution in [3.05, 3.63) is 0 Å². The molecular weight excluding hydrogens is 214 g/mol. The maximum Gasteiger partial charge on any atom is 0.144 e. The molecule has 0 bridgehead atoms. The van der Waals surface area contributed by atoms with E-state index in [9.17, 15) is 0 Å². The molecule has 0 aromatic rings. The lowest BCUT2D eigenvalue weighted by Crippen LogP contribution is -2.36. The zero-order valence-electron chi connectivity index (χ0n) is 11.0. The summed E-state index contributed by atoms with van der Waals surface area (Å²) in [4.78, 5) is 0. The highest BCUT2D eigenvalue weighted by molar-refractivity contribution is 5.85. The third kappa shape index (κ3) is 2.92. The van der Waals surface area contributed by atoms with Crippen molar-refractivity contribution in [1.29, 1.82) is 0 Å². The molecule has 4 heteroatoms. The van der Waals surface area contributed by atoms with E-state index in [1.54, 1.807) is 0 Å². The maximum absolute atomic E-state index is 8.69. The lowest BCUT2D eigenvalue weighted by Gasteiger charge is -2.23. The fourth-order valence-corrected chi connectivity index (χ4v) is 2.59. The quantitative estimate of drug-likeness (QED) is 0.209. The first kappa shape index (κ1) is 12.7. The molecule has 2 aliphatic rings. The van der Waals surface area contributed by atoms with Crippen molar-refractivity contribution >= 4 is 5.84 Å². The maximum atomic E-state index is 8.69. The van der Waals surface area contributed by atoms with Crippen molar-refractivity contribution in [2.45, 2.75) is 46.0 Å². The average Bonchev–Trinajstić information content (AvgIpc) is 3.14. The van der Waals surface area contributed by atoms with Crippen LogP contribution in [0.4, 0.5) is 0 Å². The van der Waals surface area contributed by atoms with E-state index in [0.717, 1.165) is 25.4 Å². The van der Waals surface area contributed by atoms with Gasteiger partial charge in [0.1, 0.15) is 5.84 Å². The lowest BCUT2D eigenvalue weighted by molar-refractivity contribution is 0.303. The molecule has 0 amide bonds. The Labute approximate surface area is 104 Å². The molecule has 0 aromatic carbocycles. The van der Waals surface area contributed by atoms with Gasteiger partial charge in [0.15, 0.2) is 0 Å². The van der Waals surface area contributed by atoms with Crippen LogP contribution in [0.2, 0.25) is 0 Å². The molecule has 0 atom stereocenters. The summed E-state index contributed by atoms with van der Waals surface area (Å²) in [6.07, 6.45) is 6.61. The van der Waals surface area contributed by atoms with E-state index < -0.39 is 0 Å². The summed E-state index contributed by atoms with van der Waals surface area (Å²) in [6, 6.07) is 0. The van der Waals surface area contributed by atoms with Crippen LogP contribution in [0.25, 0.3) is 0 Å². The van der Waals surface area contributed by atoms with Crippen molar-refractivity contribution in [1.82, 2.24) is 5.32 Å². The van der Waals surface area contributed by atoms with Crippen LogP contribution in [0.3, 0.4) is 0 Å². The number of amidine groups is 1. The minimum absolute atomic E-state index is 0.224. The second-order valence-corrected chi connectivity index (χ2v) is 6.43. The average molecular weight is 239 g/mol. The van der Waals surface area contributed by atoms with E-state index in [2.05, 4.69) is 10.5 Å². The lowest BCUT2D eigenvalue weighted by atomic mass is 9.88. The van der Waals surface area contributed by atoms with Gasteiger partial charge in [-0.1, -0.05) is 19.0 Å². The summed E-state index contributed by atoms with van der Waals surface area (Å²) < 4.78 is 0. The summed E-state index contributed by atoms with van der Waals surface area (Å²) >= 11 is 0. The monoisotopic (exact) mass is 239 g/mol. The highest BCUT2D eigenvalue weighted by Gasteiger charge is 2.53. The Balaban J connectivity index is 1.66. The number of nitrogens with two attached hydrogens (primary N) is 1. The third-order valence-electron chi connectivity index (χ3n) is 4.54. The SMILES string of the molecule is CC(C)(CCNCC1(C2CC2)CC1)C(N)=NO. The molecule has 0 aromatic heterocycles. The number of hydrogen-bond acceptors (Lipinski definition) is 3. The standard InChI is InChI=1S/C13H25N3O/c1-12(2,11(14)16-17)7-8-15-9-13(5-6-13)10-3-4-10/h10,15,17H,3-9H2,1-2H3,(H2,14,16). The van der Waals surface area contributed by atoms with Crippen molar-refractivity contribution in [2.75, 3.05) is 13.1 Å². The first-order chi connectivity index (χ1) is 8.00. The summed E-state index contributed by atoms with van der Waals surface area (Å²) in [7, 11) is 0. The van der Waals surface area contributed by atoms with E-state index in [1.165, 1.54) is 25.7 Å². The van der Waals surface area contributed by atoms with Crippen LogP contribution in [0.5, 0.6) is 0 Å². The molecule has 0 spiro atoms. The van der Waals surface area contributed by atoms with Crippen molar-refractivity contribution < 1.29 is 5.21 Å². The molecule has 2 saturated carbocycles. The number of nitrogens with one attached hydrogen (secondary N) is 1. The first-order valence-electron chi connectivity index (χ1n) is 6.69. The summed E-state index contributed by atoms with van der Waals surface area (Å²) in [5, 5.41) is 15.3. The molecule has 0 aliphatic heterocycles. The molecule has 0 unspecified atom stereocenters. The molecule has 2 aliphatic carbocycles. The third-order valence-corrected chi connectivity index (χ3v) is 4.54. The van der Waals surface area contributed by atoms with Crippen LogP contribution in [0.15, 0.2) is 5.16 Å². The second kappa shape index (κ2) is 4.48. The predicted molar refractivity (Wildman–Crippen MR) is 69.1 cm³/mol. The van der Waals surface area contributed by atoms with E-state index in [-0.39, 0.29) is 5.41 Å². The number of oxime groups is 1. The fourth-order valence-electron chi connectivity index (χ4n) is 2.59. The van der Waals surface area contributed by atoms with Crippen molar-refractivity contribution in [3.8, 4) is 0 Å². The van der Waals surface area contributed by atoms with Crippen LogP contribution in [0, 0.1) is 16.7 Å². The largest absolute Gasteiger partial charge is 0.409 e. The Bertz CT molecular complexity index is 304. The molecule has 2 fully saturated rings. The molecule has 4 N–H and O–H groups in total. The van der Waals surface area contributed by atoms with Crippen LogP contribution in [-0.4, -0.2) is 24.1 Å². The second-order valence-electron chi connectivity index (χ2n) is 6.43. The minimum atomic E-state index is -0.224. The Kier molecular flexibility index (Phi) is 3.34. The number of nitrogens with zero attached hydrogens (tertiary/aromatic N) is 1. The van der Waals surface area contributed by atoms with Gasteiger partial charge in [0.25, 0.3) is 0 Å². The van der Waals surface area contributed by atoms with E-state index in [1.807, 2.05) is 13.8 Å². The van der Waals surface area contributed by atoms with Gasteiger partial charge >= 0.3 is 0 Å². The highest BCUT2D eigenvalue weighted by Crippen LogP contribution is 2.60. The Morgan fingerprint density at radius 2 is 2.12 bits per heavy atom. The summed E-state index contributed by atoms with van der Waals surface area (Å²) in [6.45, 7) is 6.12. The Morgan fingerprint density at radius 3 is 2.59 bits per heavy atom. The molecule has 98 valence electrons. The smallest absolute Gasteiger partial charge is 0.144 e. The topological polar surface area (TPSA) is 70.6 Å². The van der Waals surface area contributed by atoms with Gasteiger partial charge in [-0.2, -0.15) is 0 Å². The Morgan fingerprint density at radius 1 is 1.47 bits per heavy atom. The summed E-state index contributed by atoms with van der Waals surface area (Å²) in [5.74, 6) is 1.33. The van der Waals surface area contributed by atoms with Gasteiger partial charge in [0.05, 0.1) is 0 Å². The first-order valence-corrected chi connectivity index (χ1v) is 6.69. The van der Waals surface area contributed by atoms with Crippen molar-refractivity contribution in [3.63, 3.8) is 0 Å². The number of hydrogen-bond donors (Lipinski definition) is 3. The van der Waals surface area contributed by atoms with Gasteiger partial charge in [-0.05, 0) is 50.0 Å². The van der Waals surface area contributed by atoms with E-state index in [0.29, 0.717) is 11.3 Å².